The molecule has 0 atom stereocenters. The van der Waals surface area contributed by atoms with Crippen molar-refractivity contribution in [2.24, 2.45) is 0 Å². The lowest BCUT2D eigenvalue weighted by Crippen LogP contribution is -1.90. The van der Waals surface area contributed by atoms with Crippen molar-refractivity contribution in [1.29, 1.82) is 0 Å². The summed E-state index contributed by atoms with van der Waals surface area (Å²) in [5.41, 5.74) is 0.495. The zero-order valence-corrected chi connectivity index (χ0v) is 7.07. The van der Waals surface area contributed by atoms with Crippen molar-refractivity contribution >= 4 is 11.6 Å². The summed E-state index contributed by atoms with van der Waals surface area (Å²) in [7, 11) is 1.41. The van der Waals surface area contributed by atoms with Crippen molar-refractivity contribution in [3.8, 4) is 5.75 Å². The molecular weight excluding hydrogens is 167 g/mol. The predicted octanol–water partition coefficient (Wildman–Crippen LogP) is 2.80. The molecule has 1 rings (SSSR count). The van der Waals surface area contributed by atoms with E-state index >= 15 is 0 Å². The zero-order chi connectivity index (χ0) is 8.43. The Kier molecular flexibility index (Phi) is 2.35. The Balaban J connectivity index is 3.24. The van der Waals surface area contributed by atoms with Crippen LogP contribution >= 0.6 is 11.6 Å². The van der Waals surface area contributed by atoms with Crippen LogP contribution < -0.4 is 4.74 Å². The summed E-state index contributed by atoms with van der Waals surface area (Å²) in [6.45, 7) is 1.64. The average Bonchev–Trinajstić information content (AvgIpc) is 1.96. The van der Waals surface area contributed by atoms with Crippen LogP contribution in [0.15, 0.2) is 12.1 Å². The highest BCUT2D eigenvalue weighted by Crippen LogP contribution is 2.24. The first-order chi connectivity index (χ1) is 5.15. The summed E-state index contributed by atoms with van der Waals surface area (Å²) in [4.78, 5) is 0. The number of methoxy groups -OCH3 is 1. The largest absolute Gasteiger partial charge is 0.494 e. The number of ether oxygens (including phenoxy) is 1. The van der Waals surface area contributed by atoms with Crippen LogP contribution in [-0.4, -0.2) is 7.11 Å². The molecule has 0 bridgehead atoms. The van der Waals surface area contributed by atoms with Crippen LogP contribution in [0.3, 0.4) is 0 Å². The van der Waals surface area contributed by atoms with Crippen molar-refractivity contribution in [3.05, 3.63) is 28.5 Å². The minimum atomic E-state index is -0.350. The summed E-state index contributed by atoms with van der Waals surface area (Å²) in [5.74, 6) is -0.160. The Morgan fingerprint density at radius 2 is 2.09 bits per heavy atom. The predicted molar refractivity (Wildman–Crippen MR) is 42.7 cm³/mol. The first-order valence-electron chi connectivity index (χ1n) is 3.15. The van der Waals surface area contributed by atoms with E-state index < -0.39 is 0 Å². The molecule has 0 aromatic heterocycles. The van der Waals surface area contributed by atoms with Crippen LogP contribution in [0, 0.1) is 12.7 Å². The van der Waals surface area contributed by atoms with Crippen molar-refractivity contribution in [1.82, 2.24) is 0 Å². The number of hydrogen-bond acceptors (Lipinski definition) is 1. The summed E-state index contributed by atoms with van der Waals surface area (Å²) >= 11 is 5.65. The van der Waals surface area contributed by atoms with Gasteiger partial charge in [0.1, 0.15) is 0 Å². The molecular formula is C8H8ClFO. The normalized spacial score (nSPS) is 9.82. The lowest BCUT2D eigenvalue weighted by Gasteiger charge is -2.03. The van der Waals surface area contributed by atoms with Crippen LogP contribution in [0.25, 0.3) is 0 Å². The van der Waals surface area contributed by atoms with Gasteiger partial charge >= 0.3 is 0 Å². The van der Waals surface area contributed by atoms with Crippen molar-refractivity contribution in [2.45, 2.75) is 6.92 Å². The van der Waals surface area contributed by atoms with Gasteiger partial charge in [-0.2, -0.15) is 0 Å². The minimum absolute atomic E-state index is 0.190. The Morgan fingerprint density at radius 1 is 1.45 bits per heavy atom. The molecule has 60 valence electrons. The minimum Gasteiger partial charge on any atom is -0.494 e. The van der Waals surface area contributed by atoms with Crippen LogP contribution in [0.4, 0.5) is 4.39 Å². The van der Waals surface area contributed by atoms with E-state index in [1.165, 1.54) is 13.2 Å². The fraction of sp³-hybridized carbons (Fsp3) is 0.250. The molecule has 0 saturated carbocycles. The van der Waals surface area contributed by atoms with Crippen LogP contribution in [-0.2, 0) is 0 Å². The molecule has 3 heteroatoms. The zero-order valence-electron chi connectivity index (χ0n) is 6.32. The van der Waals surface area contributed by atoms with Crippen LogP contribution in [0.2, 0.25) is 5.02 Å². The van der Waals surface area contributed by atoms with Gasteiger partial charge in [-0.1, -0.05) is 11.6 Å². The maximum atomic E-state index is 13.0. The number of rotatable bonds is 1. The second kappa shape index (κ2) is 3.09. The monoisotopic (exact) mass is 174 g/mol. The van der Waals surface area contributed by atoms with E-state index in [1.54, 1.807) is 13.0 Å². The quantitative estimate of drug-likeness (QED) is 0.636. The van der Waals surface area contributed by atoms with Gasteiger partial charge in [-0.25, -0.2) is 4.39 Å². The second-order valence-electron chi connectivity index (χ2n) is 2.24. The van der Waals surface area contributed by atoms with Gasteiger partial charge in [-0.15, -0.1) is 0 Å². The third-order valence-corrected chi connectivity index (χ3v) is 1.62. The van der Waals surface area contributed by atoms with Crippen LogP contribution in [0.1, 0.15) is 5.56 Å². The highest BCUT2D eigenvalue weighted by atomic mass is 35.5. The molecule has 0 amide bonds. The van der Waals surface area contributed by atoms with E-state index in [2.05, 4.69) is 0 Å². The summed E-state index contributed by atoms with van der Waals surface area (Å²) < 4.78 is 17.7. The van der Waals surface area contributed by atoms with Gasteiger partial charge in [0.05, 0.1) is 7.11 Å². The molecule has 0 unspecified atom stereocenters. The smallest absolute Gasteiger partial charge is 0.168 e. The van der Waals surface area contributed by atoms with Crippen molar-refractivity contribution in [3.63, 3.8) is 0 Å². The Hall–Kier alpha value is -0.760. The highest BCUT2D eigenvalue weighted by molar-refractivity contribution is 6.30. The Morgan fingerprint density at radius 3 is 2.64 bits per heavy atom. The van der Waals surface area contributed by atoms with E-state index in [9.17, 15) is 4.39 Å². The van der Waals surface area contributed by atoms with E-state index in [0.29, 0.717) is 10.6 Å². The first-order valence-corrected chi connectivity index (χ1v) is 3.52. The highest BCUT2D eigenvalue weighted by Gasteiger charge is 2.06. The van der Waals surface area contributed by atoms with E-state index in [1.807, 2.05) is 0 Å². The maximum Gasteiger partial charge on any atom is 0.168 e. The lowest BCUT2D eigenvalue weighted by atomic mass is 10.2. The number of benzene rings is 1. The molecule has 1 nitrogen and oxygen atoms in total. The van der Waals surface area contributed by atoms with Gasteiger partial charge in [0.2, 0.25) is 0 Å². The van der Waals surface area contributed by atoms with Gasteiger partial charge < -0.3 is 4.74 Å². The van der Waals surface area contributed by atoms with Gasteiger partial charge in [-0.3, -0.25) is 0 Å². The third-order valence-electron chi connectivity index (χ3n) is 1.41. The number of aryl methyl sites for hydroxylation is 1. The fourth-order valence-electron chi connectivity index (χ4n) is 0.843. The standard InChI is InChI=1S/C8H8ClFO/c1-5-3-6(9)4-7(11-2)8(5)10/h3-4H,1-2H3. The number of halogens is 2. The molecule has 0 aliphatic carbocycles. The Bertz CT molecular complexity index is 273. The summed E-state index contributed by atoms with van der Waals surface area (Å²) in [6.07, 6.45) is 0. The second-order valence-corrected chi connectivity index (χ2v) is 2.68. The summed E-state index contributed by atoms with van der Waals surface area (Å²) in [6, 6.07) is 3.00. The van der Waals surface area contributed by atoms with Gasteiger partial charge in [-0.05, 0) is 18.6 Å². The van der Waals surface area contributed by atoms with Gasteiger partial charge in [0.15, 0.2) is 11.6 Å². The SMILES string of the molecule is COc1cc(Cl)cc(C)c1F. The van der Waals surface area contributed by atoms with E-state index in [-0.39, 0.29) is 11.6 Å². The summed E-state index contributed by atoms with van der Waals surface area (Å²) in [5, 5.41) is 0.487. The van der Waals surface area contributed by atoms with Crippen molar-refractivity contribution < 1.29 is 9.13 Å². The molecule has 1 aromatic rings. The molecule has 0 radical (unpaired) electrons. The number of hydrogen-bond donors (Lipinski definition) is 0. The topological polar surface area (TPSA) is 9.23 Å². The average molecular weight is 175 g/mol. The first kappa shape index (κ1) is 8.34. The van der Waals surface area contributed by atoms with Gasteiger partial charge in [0.25, 0.3) is 0 Å². The molecule has 0 N–H and O–H groups in total. The lowest BCUT2D eigenvalue weighted by molar-refractivity contribution is 0.385. The Labute approximate surface area is 69.7 Å². The molecule has 0 aliphatic heterocycles. The molecule has 0 saturated heterocycles. The molecule has 0 spiro atoms. The molecule has 0 fully saturated rings. The third kappa shape index (κ3) is 1.63. The fourth-order valence-corrected chi connectivity index (χ4v) is 1.11. The maximum absolute atomic E-state index is 13.0. The molecule has 1 aromatic carbocycles. The molecule has 11 heavy (non-hydrogen) atoms. The van der Waals surface area contributed by atoms with Crippen LogP contribution in [0.5, 0.6) is 5.75 Å². The molecule has 0 aliphatic rings. The van der Waals surface area contributed by atoms with Crippen molar-refractivity contribution in [2.75, 3.05) is 7.11 Å². The van der Waals surface area contributed by atoms with E-state index in [0.717, 1.165) is 0 Å². The van der Waals surface area contributed by atoms with E-state index in [4.69, 9.17) is 16.3 Å². The van der Waals surface area contributed by atoms with Gasteiger partial charge in [0, 0.05) is 11.1 Å². The molecule has 0 heterocycles.